The Bertz CT molecular complexity index is 816. The summed E-state index contributed by atoms with van der Waals surface area (Å²) in [6.45, 7) is 2.39. The van der Waals surface area contributed by atoms with E-state index in [0.29, 0.717) is 50.7 Å². The largest absolute Gasteiger partial charge is 0.383 e. The molecule has 1 aromatic rings. The molecule has 0 aromatic heterocycles. The van der Waals surface area contributed by atoms with Crippen LogP contribution >= 0.6 is 0 Å². The van der Waals surface area contributed by atoms with E-state index in [4.69, 9.17) is 9.47 Å². The van der Waals surface area contributed by atoms with Crippen LogP contribution in [0.25, 0.3) is 0 Å². The number of rotatable bonds is 7. The van der Waals surface area contributed by atoms with E-state index in [9.17, 15) is 13.2 Å². The van der Waals surface area contributed by atoms with Gasteiger partial charge in [-0.1, -0.05) is 12.1 Å². The van der Waals surface area contributed by atoms with Crippen LogP contribution in [0.5, 0.6) is 0 Å². The van der Waals surface area contributed by atoms with Gasteiger partial charge in [0.15, 0.2) is 5.84 Å². The molecule has 8 nitrogen and oxygen atoms in total. The van der Waals surface area contributed by atoms with Crippen molar-refractivity contribution in [1.82, 2.24) is 9.80 Å². The number of sulfonamides is 1. The highest BCUT2D eigenvalue weighted by Crippen LogP contribution is 2.31. The van der Waals surface area contributed by atoms with Gasteiger partial charge in [-0.15, -0.1) is 4.40 Å². The second-order valence-electron chi connectivity index (χ2n) is 6.55. The number of benzene rings is 1. The molecule has 1 aromatic carbocycles. The van der Waals surface area contributed by atoms with Crippen molar-refractivity contribution >= 4 is 21.8 Å². The van der Waals surface area contributed by atoms with E-state index in [-0.39, 0.29) is 10.8 Å². The number of ether oxygens (including phenoxy) is 2. The molecule has 148 valence electrons. The zero-order valence-corrected chi connectivity index (χ0v) is 16.4. The van der Waals surface area contributed by atoms with Crippen LogP contribution in [-0.4, -0.2) is 83.1 Å². The summed E-state index contributed by atoms with van der Waals surface area (Å²) in [5.74, 6) is 0.325. The van der Waals surface area contributed by atoms with E-state index in [2.05, 4.69) is 4.40 Å². The van der Waals surface area contributed by atoms with Gasteiger partial charge in [0, 0.05) is 39.4 Å². The number of nitrogens with zero attached hydrogens (tertiary/aromatic N) is 3. The second kappa shape index (κ2) is 8.37. The van der Waals surface area contributed by atoms with Crippen molar-refractivity contribution in [2.75, 3.05) is 47.1 Å². The molecule has 1 amide bonds. The lowest BCUT2D eigenvalue weighted by atomic mass is 10.1. The molecule has 2 heterocycles. The van der Waals surface area contributed by atoms with Crippen LogP contribution in [0.2, 0.25) is 0 Å². The van der Waals surface area contributed by atoms with E-state index in [1.54, 1.807) is 43.4 Å². The Hall–Kier alpha value is -1.97. The molecular formula is C18H25N3O5S. The molecule has 0 unspecified atom stereocenters. The van der Waals surface area contributed by atoms with Gasteiger partial charge in [-0.2, -0.15) is 8.42 Å². The lowest BCUT2D eigenvalue weighted by molar-refractivity contribution is -0.136. The Morgan fingerprint density at radius 2 is 1.89 bits per heavy atom. The predicted molar refractivity (Wildman–Crippen MR) is 100 cm³/mol. The minimum absolute atomic E-state index is 0.0499. The maximum atomic E-state index is 13.2. The van der Waals surface area contributed by atoms with E-state index in [1.165, 1.54) is 0 Å². The quantitative estimate of drug-likeness (QED) is 0.676. The Kier molecular flexibility index (Phi) is 6.13. The first kappa shape index (κ1) is 19.8. The average molecular weight is 395 g/mol. The van der Waals surface area contributed by atoms with E-state index < -0.39 is 16.1 Å². The van der Waals surface area contributed by atoms with Gasteiger partial charge in [-0.05, 0) is 25.0 Å². The molecule has 0 bridgehead atoms. The molecule has 0 saturated carbocycles. The highest BCUT2D eigenvalue weighted by atomic mass is 32.2. The molecular weight excluding hydrogens is 370 g/mol. The Labute approximate surface area is 159 Å². The van der Waals surface area contributed by atoms with Crippen LogP contribution in [0.15, 0.2) is 33.6 Å². The normalized spacial score (nSPS) is 20.4. The van der Waals surface area contributed by atoms with Gasteiger partial charge in [0.2, 0.25) is 5.91 Å². The SMILES string of the molecule is COCCN(CCOC)C(=O)[C@@H]1CCCN1C1=NS(=O)(=O)c2ccccc21. The highest BCUT2D eigenvalue weighted by molar-refractivity contribution is 7.90. The molecule has 0 radical (unpaired) electrons. The van der Waals surface area contributed by atoms with Crippen LogP contribution in [0.3, 0.4) is 0 Å². The number of fused-ring (bicyclic) bond motifs is 1. The topological polar surface area (TPSA) is 88.5 Å². The van der Waals surface area contributed by atoms with Crippen molar-refractivity contribution in [3.63, 3.8) is 0 Å². The summed E-state index contributed by atoms with van der Waals surface area (Å²) in [6, 6.07) is 6.33. The lowest BCUT2D eigenvalue weighted by Crippen LogP contribution is -2.49. The van der Waals surface area contributed by atoms with Crippen molar-refractivity contribution in [3.05, 3.63) is 29.8 Å². The summed E-state index contributed by atoms with van der Waals surface area (Å²) in [5.41, 5.74) is 0.567. The van der Waals surface area contributed by atoms with Crippen molar-refractivity contribution < 1.29 is 22.7 Å². The third-order valence-corrected chi connectivity index (χ3v) is 6.19. The number of amidine groups is 1. The second-order valence-corrected chi connectivity index (χ2v) is 8.12. The Morgan fingerprint density at radius 1 is 1.22 bits per heavy atom. The minimum atomic E-state index is -3.71. The van der Waals surface area contributed by atoms with Crippen molar-refractivity contribution in [3.8, 4) is 0 Å². The number of amides is 1. The molecule has 9 heteroatoms. The highest BCUT2D eigenvalue weighted by Gasteiger charge is 2.40. The van der Waals surface area contributed by atoms with E-state index in [1.807, 2.05) is 4.90 Å². The minimum Gasteiger partial charge on any atom is -0.383 e. The first-order chi connectivity index (χ1) is 13.0. The summed E-state index contributed by atoms with van der Waals surface area (Å²) in [6.07, 6.45) is 1.47. The van der Waals surface area contributed by atoms with Gasteiger partial charge in [-0.25, -0.2) is 0 Å². The summed E-state index contributed by atoms with van der Waals surface area (Å²) in [5, 5.41) is 0. The van der Waals surface area contributed by atoms with Crippen molar-refractivity contribution in [2.45, 2.75) is 23.8 Å². The molecule has 2 aliphatic heterocycles. The van der Waals surface area contributed by atoms with Crippen LogP contribution in [-0.2, 0) is 24.3 Å². The molecule has 0 N–H and O–H groups in total. The van der Waals surface area contributed by atoms with Crippen LogP contribution < -0.4 is 0 Å². The predicted octanol–water partition coefficient (Wildman–Crippen LogP) is 0.721. The smallest absolute Gasteiger partial charge is 0.285 e. The maximum Gasteiger partial charge on any atom is 0.285 e. The molecule has 1 fully saturated rings. The molecule has 2 aliphatic rings. The van der Waals surface area contributed by atoms with Gasteiger partial charge in [0.25, 0.3) is 10.0 Å². The fraction of sp³-hybridized carbons (Fsp3) is 0.556. The number of methoxy groups -OCH3 is 2. The number of likely N-dealkylation sites (tertiary alicyclic amines) is 1. The lowest BCUT2D eigenvalue weighted by Gasteiger charge is -2.31. The monoisotopic (exact) mass is 395 g/mol. The van der Waals surface area contributed by atoms with Crippen molar-refractivity contribution in [1.29, 1.82) is 0 Å². The molecule has 0 spiro atoms. The van der Waals surface area contributed by atoms with Crippen LogP contribution in [0, 0.1) is 0 Å². The number of hydrogen-bond donors (Lipinski definition) is 0. The van der Waals surface area contributed by atoms with Crippen LogP contribution in [0.1, 0.15) is 18.4 Å². The zero-order chi connectivity index (χ0) is 19.4. The fourth-order valence-electron chi connectivity index (χ4n) is 3.52. The molecule has 3 rings (SSSR count). The van der Waals surface area contributed by atoms with Gasteiger partial charge in [0.1, 0.15) is 10.9 Å². The van der Waals surface area contributed by atoms with Crippen LogP contribution in [0.4, 0.5) is 0 Å². The molecule has 1 atom stereocenters. The fourth-order valence-corrected chi connectivity index (χ4v) is 4.74. The Balaban J connectivity index is 1.86. The number of hydrogen-bond acceptors (Lipinski definition) is 6. The van der Waals surface area contributed by atoms with Gasteiger partial charge >= 0.3 is 0 Å². The first-order valence-electron chi connectivity index (χ1n) is 8.97. The van der Waals surface area contributed by atoms with Gasteiger partial charge in [-0.3, -0.25) is 4.79 Å². The molecule has 1 saturated heterocycles. The first-order valence-corrected chi connectivity index (χ1v) is 10.4. The zero-order valence-electron chi connectivity index (χ0n) is 15.6. The Morgan fingerprint density at radius 3 is 2.56 bits per heavy atom. The summed E-state index contributed by atoms with van der Waals surface area (Å²) in [4.78, 5) is 16.9. The number of carbonyl (C=O) groups excluding carboxylic acids is 1. The van der Waals surface area contributed by atoms with Gasteiger partial charge < -0.3 is 19.3 Å². The third-order valence-electron chi connectivity index (χ3n) is 4.86. The standard InChI is InChI=1S/C18H25N3O5S/c1-25-12-10-20(11-13-26-2)18(22)15-7-5-9-21(15)17-14-6-3-4-8-16(14)27(23,24)19-17/h3-4,6,8,15H,5,7,9-13H2,1-2H3/t15-/m0/s1. The molecule has 27 heavy (non-hydrogen) atoms. The average Bonchev–Trinajstić information content (AvgIpc) is 3.24. The summed E-state index contributed by atoms with van der Waals surface area (Å²) in [7, 11) is -0.522. The summed E-state index contributed by atoms with van der Waals surface area (Å²) < 4.78 is 39.0. The summed E-state index contributed by atoms with van der Waals surface area (Å²) >= 11 is 0. The third kappa shape index (κ3) is 3.99. The number of carbonyl (C=O) groups is 1. The van der Waals surface area contributed by atoms with Crippen molar-refractivity contribution in [2.24, 2.45) is 4.40 Å². The maximum absolute atomic E-state index is 13.2. The van der Waals surface area contributed by atoms with E-state index in [0.717, 1.165) is 6.42 Å². The molecule has 0 aliphatic carbocycles. The van der Waals surface area contributed by atoms with Gasteiger partial charge in [0.05, 0.1) is 13.2 Å². The van der Waals surface area contributed by atoms with E-state index >= 15 is 0 Å².